The molecule has 0 atom stereocenters. The summed E-state index contributed by atoms with van der Waals surface area (Å²) in [6.07, 6.45) is 3.10. The molecule has 1 aliphatic heterocycles. The van der Waals surface area contributed by atoms with Crippen molar-refractivity contribution in [2.24, 2.45) is 0 Å². The predicted molar refractivity (Wildman–Crippen MR) is 160 cm³/mol. The molecule has 1 fully saturated rings. The summed E-state index contributed by atoms with van der Waals surface area (Å²) in [5.74, 6) is -0.0322. The van der Waals surface area contributed by atoms with Crippen molar-refractivity contribution in [3.63, 3.8) is 0 Å². The number of thiocarbonyl (C=S) groups is 1. The van der Waals surface area contributed by atoms with Crippen molar-refractivity contribution in [3.8, 4) is 11.5 Å². The Morgan fingerprint density at radius 1 is 0.950 bits per heavy atom. The van der Waals surface area contributed by atoms with Gasteiger partial charge in [-0.25, -0.2) is 4.98 Å². The van der Waals surface area contributed by atoms with Crippen molar-refractivity contribution < 1.29 is 14.1 Å². The number of carbonyl (C=O) groups excluding carboxylic acids is 1. The number of piperidine rings is 1. The van der Waals surface area contributed by atoms with E-state index >= 15 is 0 Å². The number of amides is 1. The van der Waals surface area contributed by atoms with E-state index in [4.69, 9.17) is 16.6 Å². The molecule has 0 bridgehead atoms. The number of oxazole rings is 1. The van der Waals surface area contributed by atoms with Crippen LogP contribution in [-0.2, 0) is 0 Å². The molecule has 0 saturated carbocycles. The average Bonchev–Trinajstić information content (AvgIpc) is 3.40. The van der Waals surface area contributed by atoms with E-state index in [1.54, 1.807) is 30.3 Å². The summed E-state index contributed by atoms with van der Waals surface area (Å²) in [5, 5.41) is 19.6. The predicted octanol–water partition coefficient (Wildman–Crippen LogP) is 6.67. The third-order valence-corrected chi connectivity index (χ3v) is 7.20. The molecule has 9 nitrogen and oxygen atoms in total. The fourth-order valence-electron chi connectivity index (χ4n) is 5.00. The molecule has 0 radical (unpaired) electrons. The first kappa shape index (κ1) is 25.4. The van der Waals surface area contributed by atoms with Gasteiger partial charge in [0.2, 0.25) is 5.89 Å². The van der Waals surface area contributed by atoms with Gasteiger partial charge in [-0.15, -0.1) is 0 Å². The Hall–Kier alpha value is -4.83. The molecule has 2 N–H and O–H groups in total. The molecule has 40 heavy (non-hydrogen) atoms. The number of nitrogens with zero attached hydrogens (tertiary/aromatic N) is 3. The van der Waals surface area contributed by atoms with Crippen LogP contribution >= 0.6 is 12.2 Å². The van der Waals surface area contributed by atoms with Crippen LogP contribution in [0.2, 0.25) is 0 Å². The number of carbonyl (C=O) groups is 1. The molecule has 6 rings (SSSR count). The molecule has 10 heteroatoms. The Morgan fingerprint density at radius 3 is 2.55 bits per heavy atom. The van der Waals surface area contributed by atoms with Crippen LogP contribution in [0.15, 0.2) is 83.3 Å². The van der Waals surface area contributed by atoms with Gasteiger partial charge in [0.25, 0.3) is 11.6 Å². The molecule has 1 amide bonds. The molecular formula is C30H25N5O4S. The largest absolute Gasteiger partial charge is 0.436 e. The van der Waals surface area contributed by atoms with E-state index in [1.165, 1.54) is 6.07 Å². The maximum atomic E-state index is 12.9. The van der Waals surface area contributed by atoms with Crippen molar-refractivity contribution >= 4 is 62.2 Å². The normalized spacial score (nSPS) is 13.3. The SMILES string of the molecule is O=C(NC(=S)Nc1ccc2oc(-c3ccc4ccccc4c3)nc2c1)c1ccc(N2CCCCC2)c([N+](=O)[O-])c1. The van der Waals surface area contributed by atoms with Crippen molar-refractivity contribution in [2.75, 3.05) is 23.3 Å². The lowest BCUT2D eigenvalue weighted by Crippen LogP contribution is -2.34. The maximum absolute atomic E-state index is 12.9. The van der Waals surface area contributed by atoms with Crippen LogP contribution in [0, 0.1) is 10.1 Å². The number of anilines is 2. The molecule has 4 aromatic carbocycles. The van der Waals surface area contributed by atoms with Crippen LogP contribution in [0.5, 0.6) is 0 Å². The van der Waals surface area contributed by atoms with E-state index in [1.807, 2.05) is 41.3 Å². The summed E-state index contributed by atoms with van der Waals surface area (Å²) < 4.78 is 5.97. The quantitative estimate of drug-likeness (QED) is 0.141. The minimum Gasteiger partial charge on any atom is -0.436 e. The molecule has 2 heterocycles. The molecule has 1 aromatic heterocycles. The highest BCUT2D eigenvalue weighted by molar-refractivity contribution is 7.80. The number of nitro benzene ring substituents is 1. The van der Waals surface area contributed by atoms with Gasteiger partial charge in [0.1, 0.15) is 11.2 Å². The van der Waals surface area contributed by atoms with Crippen molar-refractivity contribution in [1.29, 1.82) is 0 Å². The van der Waals surface area contributed by atoms with Gasteiger partial charge >= 0.3 is 0 Å². The van der Waals surface area contributed by atoms with E-state index in [9.17, 15) is 14.9 Å². The molecule has 5 aromatic rings. The second-order valence-corrected chi connectivity index (χ2v) is 10.1. The number of hydrogen-bond acceptors (Lipinski definition) is 7. The first-order valence-corrected chi connectivity index (χ1v) is 13.4. The Bertz CT molecular complexity index is 1780. The van der Waals surface area contributed by atoms with Gasteiger partial charge in [0, 0.05) is 36.0 Å². The van der Waals surface area contributed by atoms with E-state index in [0.29, 0.717) is 28.4 Å². The zero-order valence-electron chi connectivity index (χ0n) is 21.4. The number of rotatable bonds is 5. The zero-order valence-corrected chi connectivity index (χ0v) is 22.2. The lowest BCUT2D eigenvalue weighted by Gasteiger charge is -2.28. The van der Waals surface area contributed by atoms with Crippen molar-refractivity contribution in [1.82, 2.24) is 10.3 Å². The van der Waals surface area contributed by atoms with E-state index in [2.05, 4.69) is 21.7 Å². The van der Waals surface area contributed by atoms with E-state index in [0.717, 1.165) is 48.7 Å². The molecule has 0 unspecified atom stereocenters. The molecular weight excluding hydrogens is 526 g/mol. The van der Waals surface area contributed by atoms with Gasteiger partial charge < -0.3 is 14.6 Å². The lowest BCUT2D eigenvalue weighted by atomic mass is 10.1. The summed E-state index contributed by atoms with van der Waals surface area (Å²) in [7, 11) is 0. The zero-order chi connectivity index (χ0) is 27.6. The third-order valence-electron chi connectivity index (χ3n) is 7.00. The summed E-state index contributed by atoms with van der Waals surface area (Å²) >= 11 is 5.35. The summed E-state index contributed by atoms with van der Waals surface area (Å²) in [6.45, 7) is 1.53. The highest BCUT2D eigenvalue weighted by Crippen LogP contribution is 2.32. The van der Waals surface area contributed by atoms with E-state index < -0.39 is 10.8 Å². The number of benzene rings is 4. The molecule has 1 saturated heterocycles. The first-order chi connectivity index (χ1) is 19.4. The lowest BCUT2D eigenvalue weighted by molar-refractivity contribution is -0.384. The van der Waals surface area contributed by atoms with Crippen LogP contribution in [0.1, 0.15) is 29.6 Å². The molecule has 0 spiro atoms. The van der Waals surface area contributed by atoms with Gasteiger partial charge in [0.05, 0.1) is 4.92 Å². The minimum atomic E-state index is -0.535. The highest BCUT2D eigenvalue weighted by Gasteiger charge is 2.23. The Labute approximate surface area is 235 Å². The van der Waals surface area contributed by atoms with Crippen molar-refractivity contribution in [3.05, 3.63) is 94.5 Å². The first-order valence-electron chi connectivity index (χ1n) is 13.0. The second-order valence-electron chi connectivity index (χ2n) is 9.68. The fourth-order valence-corrected chi connectivity index (χ4v) is 5.21. The van der Waals surface area contributed by atoms with Gasteiger partial charge in [-0.05, 0) is 84.7 Å². The second kappa shape index (κ2) is 10.7. The van der Waals surface area contributed by atoms with Crippen LogP contribution < -0.4 is 15.5 Å². The minimum absolute atomic E-state index is 0.0605. The third kappa shape index (κ3) is 5.21. The topological polar surface area (TPSA) is 114 Å². The van der Waals surface area contributed by atoms with Crippen LogP contribution in [0.4, 0.5) is 17.1 Å². The Kier molecular flexibility index (Phi) is 6.83. The van der Waals surface area contributed by atoms with Gasteiger partial charge in [-0.3, -0.25) is 20.2 Å². The highest BCUT2D eigenvalue weighted by atomic mass is 32.1. The summed E-state index contributed by atoms with van der Waals surface area (Å²) in [6, 6.07) is 24.0. The summed E-state index contributed by atoms with van der Waals surface area (Å²) in [4.78, 5) is 30.8. The van der Waals surface area contributed by atoms with Crippen LogP contribution in [0.25, 0.3) is 33.3 Å². The Morgan fingerprint density at radius 2 is 1.75 bits per heavy atom. The fraction of sp³-hybridized carbons (Fsp3) is 0.167. The summed E-state index contributed by atoms with van der Waals surface area (Å²) in [5.41, 5.74) is 3.33. The monoisotopic (exact) mass is 551 g/mol. The Balaban J connectivity index is 1.16. The number of hydrogen-bond donors (Lipinski definition) is 2. The number of aromatic nitrogens is 1. The van der Waals surface area contributed by atoms with Crippen LogP contribution in [-0.4, -0.2) is 34.0 Å². The molecule has 1 aliphatic rings. The smallest absolute Gasteiger partial charge is 0.293 e. The van der Waals surface area contributed by atoms with Crippen LogP contribution in [0.3, 0.4) is 0 Å². The molecule has 0 aliphatic carbocycles. The van der Waals surface area contributed by atoms with Gasteiger partial charge in [0.15, 0.2) is 10.7 Å². The maximum Gasteiger partial charge on any atom is 0.293 e. The van der Waals surface area contributed by atoms with Crippen molar-refractivity contribution in [2.45, 2.75) is 19.3 Å². The number of fused-ring (bicyclic) bond motifs is 2. The molecule has 200 valence electrons. The van der Waals surface area contributed by atoms with E-state index in [-0.39, 0.29) is 16.4 Å². The standard InChI is InChI=1S/C30H25N5O4S/c36-28(21-10-12-25(26(17-21)35(37)38)34-14-4-1-5-15-34)33-30(40)31-23-11-13-27-24(18-23)32-29(39-27)22-9-8-19-6-2-3-7-20(19)16-22/h2-3,6-13,16-18H,1,4-5,14-15H2,(H2,31,33,36,40). The number of nitro groups is 1. The van der Waals surface area contributed by atoms with Gasteiger partial charge in [-0.1, -0.05) is 30.3 Å². The average molecular weight is 552 g/mol. The van der Waals surface area contributed by atoms with Gasteiger partial charge in [-0.2, -0.15) is 0 Å². The number of nitrogens with one attached hydrogen (secondary N) is 2.